The van der Waals surface area contributed by atoms with Crippen LogP contribution < -0.4 is 14.4 Å². The van der Waals surface area contributed by atoms with E-state index in [-0.39, 0.29) is 47.4 Å². The van der Waals surface area contributed by atoms with E-state index in [1.165, 1.54) is 24.4 Å². The molecule has 2 aliphatic rings. The largest absolute Gasteiger partial charge is 0.493 e. The number of anilines is 1. The molecule has 10 nitrogen and oxygen atoms in total. The summed E-state index contributed by atoms with van der Waals surface area (Å²) in [6.07, 6.45) is 2.88. The molecule has 3 amide bonds. The van der Waals surface area contributed by atoms with E-state index in [0.717, 1.165) is 17.7 Å². The molecule has 0 bridgehead atoms. The average Bonchev–Trinajstić information content (AvgIpc) is 2.83. The minimum Gasteiger partial charge on any atom is -0.493 e. The summed E-state index contributed by atoms with van der Waals surface area (Å²) in [7, 11) is 0. The number of carboxylic acids is 1. The highest BCUT2D eigenvalue weighted by Crippen LogP contribution is 2.34. The number of ether oxygens (including phenoxy) is 2. The van der Waals surface area contributed by atoms with Crippen molar-refractivity contribution in [2.75, 3.05) is 24.6 Å². The Hall–Kier alpha value is -3.95. The molecule has 1 aromatic heterocycles. The highest BCUT2D eigenvalue weighted by atomic mass is 16.6. The van der Waals surface area contributed by atoms with Crippen molar-refractivity contribution in [2.24, 2.45) is 11.3 Å². The monoisotopic (exact) mass is 495 g/mol. The lowest BCUT2D eigenvalue weighted by Crippen LogP contribution is -2.46. The number of amides is 3. The van der Waals surface area contributed by atoms with E-state index in [0.29, 0.717) is 31.1 Å². The molecule has 1 aromatic carbocycles. The molecule has 2 aliphatic heterocycles. The van der Waals surface area contributed by atoms with E-state index in [9.17, 15) is 19.2 Å². The number of aromatic nitrogens is 1. The topological polar surface area (TPSA) is 126 Å². The van der Waals surface area contributed by atoms with Crippen LogP contribution in [0.15, 0.2) is 42.6 Å². The number of hydrogen-bond donors (Lipinski definition) is 1. The summed E-state index contributed by atoms with van der Waals surface area (Å²) < 4.78 is 11.2. The third-order valence-corrected chi connectivity index (χ3v) is 6.39. The Balaban J connectivity index is 1.24. The van der Waals surface area contributed by atoms with Crippen molar-refractivity contribution in [3.63, 3.8) is 0 Å². The van der Waals surface area contributed by atoms with Gasteiger partial charge < -0.3 is 19.5 Å². The zero-order chi connectivity index (χ0) is 25.9. The molecule has 10 heteroatoms. The van der Waals surface area contributed by atoms with E-state index in [2.05, 4.69) is 4.98 Å². The molecule has 0 aliphatic carbocycles. The molecule has 36 heavy (non-hydrogen) atoms. The standard InChI is InChI=1S/C26H29N3O7/c1-26(2)13-22(30)29(23(31)14-26)19-5-8-21(27-15-19)36-25(34)28-11-9-17(10-12-28)16-35-20-6-3-18(4-7-20)24(32)33/h3-8,15,17H,9-14,16H2,1-2H3,(H,32,33). The van der Waals surface area contributed by atoms with E-state index < -0.39 is 12.1 Å². The van der Waals surface area contributed by atoms with Gasteiger partial charge in [-0.1, -0.05) is 13.8 Å². The number of likely N-dealkylation sites (tertiary alicyclic amines) is 1. The van der Waals surface area contributed by atoms with Crippen LogP contribution in [0.4, 0.5) is 10.5 Å². The number of piperidine rings is 2. The number of imide groups is 1. The molecule has 3 heterocycles. The Labute approximate surface area is 208 Å². The number of aromatic carboxylic acids is 1. The maximum Gasteiger partial charge on any atom is 0.416 e. The van der Waals surface area contributed by atoms with Crippen LogP contribution in [0.1, 0.15) is 49.9 Å². The molecule has 0 spiro atoms. The molecule has 1 N–H and O–H groups in total. The maximum atomic E-state index is 12.6. The first-order valence-corrected chi connectivity index (χ1v) is 11.9. The van der Waals surface area contributed by atoms with Crippen molar-refractivity contribution in [1.29, 1.82) is 0 Å². The predicted molar refractivity (Wildman–Crippen MR) is 129 cm³/mol. The van der Waals surface area contributed by atoms with Gasteiger partial charge in [0.1, 0.15) is 5.75 Å². The molecule has 2 saturated heterocycles. The third kappa shape index (κ3) is 5.99. The Kier molecular flexibility index (Phi) is 7.23. The van der Waals surface area contributed by atoms with E-state index in [1.54, 1.807) is 23.1 Å². The zero-order valence-electron chi connectivity index (χ0n) is 20.3. The van der Waals surface area contributed by atoms with Gasteiger partial charge in [-0.25, -0.2) is 19.5 Å². The molecule has 190 valence electrons. The van der Waals surface area contributed by atoms with Crippen LogP contribution in [0.25, 0.3) is 0 Å². The number of carbonyl (C=O) groups excluding carboxylic acids is 3. The van der Waals surface area contributed by atoms with Gasteiger partial charge in [-0.2, -0.15) is 0 Å². The fourth-order valence-electron chi connectivity index (χ4n) is 4.38. The lowest BCUT2D eigenvalue weighted by molar-refractivity contribution is -0.132. The van der Waals surface area contributed by atoms with Gasteiger partial charge in [-0.05, 0) is 54.5 Å². The van der Waals surface area contributed by atoms with Gasteiger partial charge in [0.25, 0.3) is 0 Å². The van der Waals surface area contributed by atoms with Crippen LogP contribution in [0.5, 0.6) is 11.6 Å². The van der Waals surface area contributed by atoms with Crippen LogP contribution in [0, 0.1) is 11.3 Å². The quantitative estimate of drug-likeness (QED) is 0.601. The highest BCUT2D eigenvalue weighted by molar-refractivity contribution is 6.16. The molecular weight excluding hydrogens is 466 g/mol. The number of carbonyl (C=O) groups is 4. The first-order valence-electron chi connectivity index (χ1n) is 11.9. The van der Waals surface area contributed by atoms with Crippen LogP contribution in [0.2, 0.25) is 0 Å². The van der Waals surface area contributed by atoms with Crippen molar-refractivity contribution >= 4 is 29.6 Å². The molecule has 0 radical (unpaired) electrons. The van der Waals surface area contributed by atoms with Gasteiger partial charge in [-0.3, -0.25) is 9.59 Å². The Morgan fingerprint density at radius 2 is 1.67 bits per heavy atom. The summed E-state index contributed by atoms with van der Waals surface area (Å²) in [6.45, 7) is 5.27. The van der Waals surface area contributed by atoms with Crippen molar-refractivity contribution < 1.29 is 33.8 Å². The van der Waals surface area contributed by atoms with Gasteiger partial charge in [0.15, 0.2) is 0 Å². The SMILES string of the molecule is CC1(C)CC(=O)N(c2ccc(OC(=O)N3CCC(COc4ccc(C(=O)O)cc4)CC3)nc2)C(=O)C1. The van der Waals surface area contributed by atoms with Crippen molar-refractivity contribution in [2.45, 2.75) is 39.5 Å². The molecule has 4 rings (SSSR count). The number of benzene rings is 1. The van der Waals surface area contributed by atoms with Crippen LogP contribution in [-0.4, -0.2) is 58.6 Å². The lowest BCUT2D eigenvalue weighted by atomic mass is 9.81. The van der Waals surface area contributed by atoms with Gasteiger partial charge in [0.2, 0.25) is 17.7 Å². The van der Waals surface area contributed by atoms with E-state index in [1.807, 2.05) is 13.8 Å². The second-order valence-corrected chi connectivity index (χ2v) is 9.93. The van der Waals surface area contributed by atoms with Crippen LogP contribution >= 0.6 is 0 Å². The summed E-state index contributed by atoms with van der Waals surface area (Å²) in [5.74, 6) is -0.568. The predicted octanol–water partition coefficient (Wildman–Crippen LogP) is 3.75. The van der Waals surface area contributed by atoms with Crippen LogP contribution in [-0.2, 0) is 9.59 Å². The number of hydrogen-bond acceptors (Lipinski definition) is 7. The minimum atomic E-state index is -0.983. The smallest absolute Gasteiger partial charge is 0.416 e. The van der Waals surface area contributed by atoms with Crippen molar-refractivity contribution in [1.82, 2.24) is 9.88 Å². The summed E-state index contributed by atoms with van der Waals surface area (Å²) in [5, 5.41) is 8.96. The van der Waals surface area contributed by atoms with Crippen LogP contribution in [0.3, 0.4) is 0 Å². The normalized spacial score (nSPS) is 18.2. The molecule has 0 unspecified atom stereocenters. The zero-order valence-corrected chi connectivity index (χ0v) is 20.3. The maximum absolute atomic E-state index is 12.6. The third-order valence-electron chi connectivity index (χ3n) is 6.39. The summed E-state index contributed by atoms with van der Waals surface area (Å²) in [6, 6.07) is 9.29. The average molecular weight is 496 g/mol. The van der Waals surface area contributed by atoms with Gasteiger partial charge in [0, 0.05) is 32.0 Å². The molecule has 2 fully saturated rings. The van der Waals surface area contributed by atoms with Gasteiger partial charge in [-0.15, -0.1) is 0 Å². The Morgan fingerprint density at radius 3 is 2.22 bits per heavy atom. The van der Waals surface area contributed by atoms with Gasteiger partial charge >= 0.3 is 12.1 Å². The Morgan fingerprint density at radius 1 is 1.03 bits per heavy atom. The molecular formula is C26H29N3O7. The van der Waals surface area contributed by atoms with Crippen molar-refractivity contribution in [3.8, 4) is 11.6 Å². The Bertz CT molecular complexity index is 1120. The van der Waals surface area contributed by atoms with Crippen molar-refractivity contribution in [3.05, 3.63) is 48.2 Å². The fraction of sp³-hybridized carbons (Fsp3) is 0.423. The first-order chi connectivity index (χ1) is 17.1. The lowest BCUT2D eigenvalue weighted by Gasteiger charge is -2.34. The number of carboxylic acid groups (broad SMARTS) is 1. The second kappa shape index (κ2) is 10.3. The summed E-state index contributed by atoms with van der Waals surface area (Å²) in [4.78, 5) is 55.2. The highest BCUT2D eigenvalue weighted by Gasteiger charge is 2.38. The first kappa shape index (κ1) is 25.2. The summed E-state index contributed by atoms with van der Waals surface area (Å²) in [5.41, 5.74) is 0.204. The fourth-order valence-corrected chi connectivity index (χ4v) is 4.38. The van der Waals surface area contributed by atoms with E-state index in [4.69, 9.17) is 14.6 Å². The van der Waals surface area contributed by atoms with Gasteiger partial charge in [0.05, 0.1) is 24.1 Å². The molecule has 0 atom stereocenters. The van der Waals surface area contributed by atoms with E-state index >= 15 is 0 Å². The minimum absolute atomic E-state index is 0.0938. The number of pyridine rings is 1. The molecule has 0 saturated carbocycles. The number of rotatable bonds is 6. The molecule has 2 aromatic rings. The summed E-state index contributed by atoms with van der Waals surface area (Å²) >= 11 is 0. The second-order valence-electron chi connectivity index (χ2n) is 9.93. The number of nitrogens with zero attached hydrogens (tertiary/aromatic N) is 3.